The summed E-state index contributed by atoms with van der Waals surface area (Å²) < 4.78 is 10.4. The SMILES string of the molecule is CCCCNC(=O)c1ccc(NC(=S)NC(=O)/C=C/c2ccc(OC)c(OC)c2)cc1. The number of nitrogens with one attached hydrogen (secondary N) is 3. The van der Waals surface area contributed by atoms with Gasteiger partial charge in [-0.1, -0.05) is 19.4 Å². The van der Waals surface area contributed by atoms with E-state index in [1.54, 1.807) is 56.7 Å². The Morgan fingerprint density at radius 3 is 2.39 bits per heavy atom. The Morgan fingerprint density at radius 2 is 1.74 bits per heavy atom. The van der Waals surface area contributed by atoms with Crippen LogP contribution in [0.15, 0.2) is 48.5 Å². The first-order valence-electron chi connectivity index (χ1n) is 9.87. The van der Waals surface area contributed by atoms with E-state index in [-0.39, 0.29) is 16.9 Å². The maximum absolute atomic E-state index is 12.1. The molecule has 2 aromatic carbocycles. The molecule has 2 amide bonds. The first-order valence-corrected chi connectivity index (χ1v) is 10.3. The van der Waals surface area contributed by atoms with Crippen molar-refractivity contribution in [3.8, 4) is 11.5 Å². The van der Waals surface area contributed by atoms with Crippen molar-refractivity contribution >= 4 is 40.9 Å². The Labute approximate surface area is 187 Å². The van der Waals surface area contributed by atoms with E-state index in [9.17, 15) is 9.59 Å². The molecule has 164 valence electrons. The molecule has 0 saturated heterocycles. The topological polar surface area (TPSA) is 88.7 Å². The Kier molecular flexibility index (Phi) is 9.51. The molecule has 0 heterocycles. The maximum atomic E-state index is 12.1. The lowest BCUT2D eigenvalue weighted by Gasteiger charge is -2.09. The lowest BCUT2D eigenvalue weighted by Crippen LogP contribution is -2.32. The van der Waals surface area contributed by atoms with Gasteiger partial charge in [-0.05, 0) is 66.7 Å². The molecule has 0 aliphatic heterocycles. The van der Waals surface area contributed by atoms with E-state index in [2.05, 4.69) is 22.9 Å². The highest BCUT2D eigenvalue weighted by molar-refractivity contribution is 7.80. The number of hydrogen-bond acceptors (Lipinski definition) is 5. The molecule has 7 nitrogen and oxygen atoms in total. The summed E-state index contributed by atoms with van der Waals surface area (Å²) in [5, 5.41) is 8.52. The predicted molar refractivity (Wildman–Crippen MR) is 127 cm³/mol. The normalized spacial score (nSPS) is 10.4. The van der Waals surface area contributed by atoms with Crippen LogP contribution < -0.4 is 25.4 Å². The molecule has 0 bridgehead atoms. The molecule has 0 aliphatic rings. The van der Waals surface area contributed by atoms with Crippen LogP contribution in [0.4, 0.5) is 5.69 Å². The number of carbonyl (C=O) groups is 2. The minimum absolute atomic E-state index is 0.115. The molecule has 0 unspecified atom stereocenters. The zero-order valence-corrected chi connectivity index (χ0v) is 18.7. The molecule has 8 heteroatoms. The zero-order chi connectivity index (χ0) is 22.6. The van der Waals surface area contributed by atoms with Gasteiger partial charge in [-0.3, -0.25) is 14.9 Å². The maximum Gasteiger partial charge on any atom is 0.251 e. The molecular formula is C23H27N3O4S. The summed E-state index contributed by atoms with van der Waals surface area (Å²) in [5.74, 6) is 0.694. The average Bonchev–Trinajstić information content (AvgIpc) is 2.77. The minimum Gasteiger partial charge on any atom is -0.493 e. The molecule has 31 heavy (non-hydrogen) atoms. The summed E-state index contributed by atoms with van der Waals surface area (Å²) in [7, 11) is 3.11. The van der Waals surface area contributed by atoms with Crippen LogP contribution in [0.1, 0.15) is 35.7 Å². The molecular weight excluding hydrogens is 414 g/mol. The number of unbranched alkanes of at least 4 members (excludes halogenated alkanes) is 1. The van der Waals surface area contributed by atoms with Crippen molar-refractivity contribution in [3.63, 3.8) is 0 Å². The van der Waals surface area contributed by atoms with E-state index in [0.29, 0.717) is 29.3 Å². The van der Waals surface area contributed by atoms with Gasteiger partial charge in [0, 0.05) is 23.9 Å². The van der Waals surface area contributed by atoms with Crippen molar-refractivity contribution in [2.45, 2.75) is 19.8 Å². The predicted octanol–water partition coefficient (Wildman–Crippen LogP) is 3.76. The number of hydrogen-bond donors (Lipinski definition) is 3. The number of rotatable bonds is 9. The van der Waals surface area contributed by atoms with Crippen LogP contribution >= 0.6 is 12.2 Å². The van der Waals surface area contributed by atoms with Crippen LogP contribution in [0.25, 0.3) is 6.08 Å². The number of anilines is 1. The quantitative estimate of drug-likeness (QED) is 0.312. The van der Waals surface area contributed by atoms with Crippen molar-refractivity contribution in [3.05, 3.63) is 59.7 Å². The Morgan fingerprint density at radius 1 is 1.03 bits per heavy atom. The molecule has 0 fully saturated rings. The zero-order valence-electron chi connectivity index (χ0n) is 17.9. The smallest absolute Gasteiger partial charge is 0.251 e. The standard InChI is InChI=1S/C23H27N3O4S/c1-4-5-14-24-22(28)17-8-10-18(11-9-17)25-23(31)26-21(27)13-7-16-6-12-19(29-2)20(15-16)30-3/h6-13,15H,4-5,14H2,1-3H3,(H,24,28)(H2,25,26,27,31)/b13-7+. The number of ether oxygens (including phenoxy) is 2. The number of thiocarbonyl (C=S) groups is 1. The summed E-state index contributed by atoms with van der Waals surface area (Å²) in [5.41, 5.74) is 2.01. The molecule has 0 radical (unpaired) electrons. The number of carbonyl (C=O) groups excluding carboxylic acids is 2. The van der Waals surface area contributed by atoms with Gasteiger partial charge in [-0.15, -0.1) is 0 Å². The highest BCUT2D eigenvalue weighted by atomic mass is 32.1. The molecule has 0 aromatic heterocycles. The molecule has 0 spiro atoms. The van der Waals surface area contributed by atoms with Gasteiger partial charge in [0.2, 0.25) is 5.91 Å². The highest BCUT2D eigenvalue weighted by Crippen LogP contribution is 2.27. The summed E-state index contributed by atoms with van der Waals surface area (Å²) in [6, 6.07) is 12.2. The third-order valence-electron chi connectivity index (χ3n) is 4.29. The van der Waals surface area contributed by atoms with Gasteiger partial charge in [0.1, 0.15) is 0 Å². The van der Waals surface area contributed by atoms with Crippen molar-refractivity contribution in [1.82, 2.24) is 10.6 Å². The van der Waals surface area contributed by atoms with Crippen LogP contribution in [0.3, 0.4) is 0 Å². The largest absolute Gasteiger partial charge is 0.493 e. The second-order valence-electron chi connectivity index (χ2n) is 6.58. The first kappa shape index (κ1) is 23.9. The summed E-state index contributed by atoms with van der Waals surface area (Å²) in [6.45, 7) is 2.72. The summed E-state index contributed by atoms with van der Waals surface area (Å²) >= 11 is 5.18. The number of amides is 2. The van der Waals surface area contributed by atoms with E-state index < -0.39 is 0 Å². The molecule has 2 aromatic rings. The number of methoxy groups -OCH3 is 2. The van der Waals surface area contributed by atoms with E-state index in [0.717, 1.165) is 18.4 Å². The van der Waals surface area contributed by atoms with Crippen LogP contribution in [-0.2, 0) is 4.79 Å². The van der Waals surface area contributed by atoms with Crippen LogP contribution in [0, 0.1) is 0 Å². The van der Waals surface area contributed by atoms with Gasteiger partial charge in [0.25, 0.3) is 5.91 Å². The molecule has 0 saturated carbocycles. The van der Waals surface area contributed by atoms with Gasteiger partial charge in [0.15, 0.2) is 16.6 Å². The fourth-order valence-corrected chi connectivity index (χ4v) is 2.85. The second kappa shape index (κ2) is 12.3. The van der Waals surface area contributed by atoms with E-state index >= 15 is 0 Å². The lowest BCUT2D eigenvalue weighted by atomic mass is 10.2. The van der Waals surface area contributed by atoms with Gasteiger partial charge in [-0.2, -0.15) is 0 Å². The van der Waals surface area contributed by atoms with E-state index in [1.165, 1.54) is 6.08 Å². The van der Waals surface area contributed by atoms with Crippen LogP contribution in [0.2, 0.25) is 0 Å². The van der Waals surface area contributed by atoms with Gasteiger partial charge in [-0.25, -0.2) is 0 Å². The van der Waals surface area contributed by atoms with Crippen molar-refractivity contribution < 1.29 is 19.1 Å². The van der Waals surface area contributed by atoms with Crippen LogP contribution in [0.5, 0.6) is 11.5 Å². The summed E-state index contributed by atoms with van der Waals surface area (Å²) in [4.78, 5) is 24.2. The van der Waals surface area contributed by atoms with Crippen molar-refractivity contribution in [2.75, 3.05) is 26.1 Å². The third-order valence-corrected chi connectivity index (χ3v) is 4.50. The molecule has 0 aliphatic carbocycles. The van der Waals surface area contributed by atoms with Crippen molar-refractivity contribution in [2.24, 2.45) is 0 Å². The molecule has 2 rings (SSSR count). The molecule has 3 N–H and O–H groups in total. The van der Waals surface area contributed by atoms with E-state index in [4.69, 9.17) is 21.7 Å². The number of benzene rings is 2. The highest BCUT2D eigenvalue weighted by Gasteiger charge is 2.07. The fourth-order valence-electron chi connectivity index (χ4n) is 2.63. The lowest BCUT2D eigenvalue weighted by molar-refractivity contribution is -0.115. The van der Waals surface area contributed by atoms with Crippen LogP contribution in [-0.4, -0.2) is 37.7 Å². The van der Waals surface area contributed by atoms with E-state index in [1.807, 2.05) is 6.07 Å². The monoisotopic (exact) mass is 441 g/mol. The van der Waals surface area contributed by atoms with Gasteiger partial charge >= 0.3 is 0 Å². The second-order valence-corrected chi connectivity index (χ2v) is 6.99. The Bertz CT molecular complexity index is 942. The molecule has 0 atom stereocenters. The first-order chi connectivity index (χ1) is 15.0. The Hall–Kier alpha value is -3.39. The van der Waals surface area contributed by atoms with Crippen molar-refractivity contribution in [1.29, 1.82) is 0 Å². The average molecular weight is 442 g/mol. The van der Waals surface area contributed by atoms with Gasteiger partial charge < -0.3 is 20.1 Å². The minimum atomic E-state index is -0.376. The Balaban J connectivity index is 1.87. The summed E-state index contributed by atoms with van der Waals surface area (Å²) in [6.07, 6.45) is 4.99. The van der Waals surface area contributed by atoms with Gasteiger partial charge in [0.05, 0.1) is 14.2 Å². The third kappa shape index (κ3) is 7.75. The fraction of sp³-hybridized carbons (Fsp3) is 0.261.